The zero-order valence-electron chi connectivity index (χ0n) is 12.7. The molecule has 2 heterocycles. The molecule has 2 unspecified atom stereocenters. The van der Waals surface area contributed by atoms with Crippen molar-refractivity contribution < 1.29 is 0 Å². The molecule has 0 saturated carbocycles. The zero-order chi connectivity index (χ0) is 16.5. The average molecular weight is 320 g/mol. The van der Waals surface area contributed by atoms with Crippen molar-refractivity contribution in [3.8, 4) is 0 Å². The Morgan fingerprint density at radius 2 is 1.21 bits per heavy atom. The molecule has 0 fully saturated rings. The number of rotatable bonds is 2. The molecule has 2 aromatic carbocycles. The van der Waals surface area contributed by atoms with Crippen molar-refractivity contribution in [2.75, 3.05) is 10.6 Å². The van der Waals surface area contributed by atoms with Crippen LogP contribution in [0.5, 0.6) is 0 Å². The van der Waals surface area contributed by atoms with Gasteiger partial charge in [-0.25, -0.2) is 4.79 Å². The maximum Gasteiger partial charge on any atom is 0.327 e. The number of benzene rings is 2. The molecule has 3 aromatic rings. The molecule has 24 heavy (non-hydrogen) atoms. The summed E-state index contributed by atoms with van der Waals surface area (Å²) in [5.41, 5.74) is 1.49. The summed E-state index contributed by atoms with van der Waals surface area (Å²) in [4.78, 5) is 28.6. The van der Waals surface area contributed by atoms with Crippen LogP contribution in [0.1, 0.15) is 23.2 Å². The molecule has 0 radical (unpaired) electrons. The van der Waals surface area contributed by atoms with Gasteiger partial charge in [0.25, 0.3) is 5.56 Å². The van der Waals surface area contributed by atoms with Crippen molar-refractivity contribution in [3.63, 3.8) is 0 Å². The summed E-state index contributed by atoms with van der Waals surface area (Å²) in [7, 11) is 0. The number of H-pyrrole nitrogens is 2. The molecule has 4 N–H and O–H groups in total. The lowest BCUT2D eigenvalue weighted by Gasteiger charge is -2.35. The summed E-state index contributed by atoms with van der Waals surface area (Å²) in [5.74, 6) is 0.407. The first-order chi connectivity index (χ1) is 11.7. The van der Waals surface area contributed by atoms with Gasteiger partial charge in [-0.1, -0.05) is 60.7 Å². The first-order valence-corrected chi connectivity index (χ1v) is 7.72. The Hall–Kier alpha value is -3.28. The van der Waals surface area contributed by atoms with E-state index in [4.69, 9.17) is 0 Å². The minimum atomic E-state index is -0.530. The molecule has 0 bridgehead atoms. The summed E-state index contributed by atoms with van der Waals surface area (Å²) >= 11 is 0. The van der Waals surface area contributed by atoms with Gasteiger partial charge in [0, 0.05) is 0 Å². The van der Waals surface area contributed by atoms with Crippen LogP contribution in [-0.4, -0.2) is 9.97 Å². The van der Waals surface area contributed by atoms with E-state index < -0.39 is 11.2 Å². The standard InChI is InChI=1S/C18H16N4O2/c23-17-15-16(21-18(24)22-17)20-14(12-9-5-2-6-10-12)13(19-15)11-7-3-1-4-8-11/h1-10,13-14,19H,(H3,20,21,22,23,24). The van der Waals surface area contributed by atoms with Crippen molar-refractivity contribution >= 4 is 11.5 Å². The molecule has 0 spiro atoms. The molecule has 1 aromatic heterocycles. The molecular weight excluding hydrogens is 304 g/mol. The SMILES string of the molecule is O=c1[nH]c2c(c(=O)[nH]1)NC(c1ccccc1)C(c1ccccc1)N2. The fourth-order valence-electron chi connectivity index (χ4n) is 3.08. The highest BCUT2D eigenvalue weighted by molar-refractivity contribution is 5.67. The van der Waals surface area contributed by atoms with Crippen LogP contribution in [0.25, 0.3) is 0 Å². The molecule has 0 saturated heterocycles. The Kier molecular flexibility index (Phi) is 3.42. The predicted molar refractivity (Wildman–Crippen MR) is 93.3 cm³/mol. The fraction of sp³-hybridized carbons (Fsp3) is 0.111. The molecule has 1 aliphatic rings. The van der Waals surface area contributed by atoms with Gasteiger partial charge in [-0.05, 0) is 11.1 Å². The summed E-state index contributed by atoms with van der Waals surface area (Å²) in [6.07, 6.45) is 0. The van der Waals surface area contributed by atoms with Crippen molar-refractivity contribution in [1.29, 1.82) is 0 Å². The van der Waals surface area contributed by atoms with Crippen molar-refractivity contribution in [1.82, 2.24) is 9.97 Å². The van der Waals surface area contributed by atoms with Gasteiger partial charge < -0.3 is 10.6 Å². The predicted octanol–water partition coefficient (Wildman–Crippen LogP) is 2.38. The highest BCUT2D eigenvalue weighted by atomic mass is 16.2. The summed E-state index contributed by atoms with van der Waals surface area (Å²) < 4.78 is 0. The van der Waals surface area contributed by atoms with Crippen molar-refractivity contribution in [2.24, 2.45) is 0 Å². The lowest BCUT2D eigenvalue weighted by molar-refractivity contribution is 0.628. The third kappa shape index (κ3) is 2.48. The first kappa shape index (κ1) is 14.3. The van der Waals surface area contributed by atoms with Crippen LogP contribution in [0, 0.1) is 0 Å². The van der Waals surface area contributed by atoms with Crippen LogP contribution < -0.4 is 21.9 Å². The lowest BCUT2D eigenvalue weighted by Crippen LogP contribution is -2.37. The van der Waals surface area contributed by atoms with Crippen molar-refractivity contribution in [3.05, 3.63) is 92.6 Å². The number of aromatic amines is 2. The van der Waals surface area contributed by atoms with Crippen LogP contribution in [0.15, 0.2) is 70.3 Å². The maximum absolute atomic E-state index is 12.1. The van der Waals surface area contributed by atoms with E-state index in [-0.39, 0.29) is 12.1 Å². The fourth-order valence-corrected chi connectivity index (χ4v) is 3.08. The van der Waals surface area contributed by atoms with E-state index in [2.05, 4.69) is 20.6 Å². The number of nitrogens with one attached hydrogen (secondary N) is 4. The molecule has 0 amide bonds. The highest BCUT2D eigenvalue weighted by Crippen LogP contribution is 2.39. The average Bonchev–Trinajstić information content (AvgIpc) is 2.62. The van der Waals surface area contributed by atoms with E-state index in [1.165, 1.54) is 0 Å². The zero-order valence-corrected chi connectivity index (χ0v) is 12.7. The Morgan fingerprint density at radius 3 is 1.79 bits per heavy atom. The van der Waals surface area contributed by atoms with Gasteiger partial charge in [-0.2, -0.15) is 0 Å². The second-order valence-electron chi connectivity index (χ2n) is 5.72. The van der Waals surface area contributed by atoms with Crippen LogP contribution in [-0.2, 0) is 0 Å². The maximum atomic E-state index is 12.1. The van der Waals surface area contributed by atoms with Gasteiger partial charge in [0.15, 0.2) is 0 Å². The lowest BCUT2D eigenvalue weighted by atomic mass is 9.91. The van der Waals surface area contributed by atoms with Gasteiger partial charge >= 0.3 is 5.69 Å². The van der Waals surface area contributed by atoms with Crippen molar-refractivity contribution in [2.45, 2.75) is 12.1 Å². The first-order valence-electron chi connectivity index (χ1n) is 7.72. The largest absolute Gasteiger partial charge is 0.368 e. The second kappa shape index (κ2) is 5.73. The third-order valence-corrected chi connectivity index (χ3v) is 4.19. The minimum Gasteiger partial charge on any atom is -0.368 e. The van der Waals surface area contributed by atoms with Crippen LogP contribution in [0.3, 0.4) is 0 Å². The second-order valence-corrected chi connectivity index (χ2v) is 5.72. The number of anilines is 2. The number of hydrogen-bond acceptors (Lipinski definition) is 4. The number of hydrogen-bond donors (Lipinski definition) is 4. The normalized spacial score (nSPS) is 19.0. The van der Waals surface area contributed by atoms with Gasteiger partial charge in [0.1, 0.15) is 11.5 Å². The molecule has 2 atom stereocenters. The molecule has 4 rings (SSSR count). The topological polar surface area (TPSA) is 89.8 Å². The van der Waals surface area contributed by atoms with E-state index in [0.717, 1.165) is 11.1 Å². The van der Waals surface area contributed by atoms with E-state index in [1.54, 1.807) is 0 Å². The Balaban J connectivity index is 1.86. The molecule has 0 aliphatic carbocycles. The monoisotopic (exact) mass is 320 g/mol. The minimum absolute atomic E-state index is 0.126. The van der Waals surface area contributed by atoms with E-state index >= 15 is 0 Å². The Labute approximate surface area is 137 Å². The highest BCUT2D eigenvalue weighted by Gasteiger charge is 2.31. The summed E-state index contributed by atoms with van der Waals surface area (Å²) in [6.45, 7) is 0. The molecule has 6 nitrogen and oxygen atoms in total. The number of aromatic nitrogens is 2. The molecular formula is C18H16N4O2. The van der Waals surface area contributed by atoms with Gasteiger partial charge in [-0.15, -0.1) is 0 Å². The Bertz CT molecular complexity index is 964. The number of fused-ring (bicyclic) bond motifs is 1. The Morgan fingerprint density at radius 1 is 0.667 bits per heavy atom. The van der Waals surface area contributed by atoms with Gasteiger partial charge in [0.2, 0.25) is 0 Å². The smallest absolute Gasteiger partial charge is 0.327 e. The van der Waals surface area contributed by atoms with E-state index in [1.807, 2.05) is 60.7 Å². The summed E-state index contributed by atoms with van der Waals surface area (Å²) in [6, 6.07) is 19.6. The van der Waals surface area contributed by atoms with Gasteiger partial charge in [-0.3, -0.25) is 14.8 Å². The van der Waals surface area contributed by atoms with Crippen LogP contribution in [0.2, 0.25) is 0 Å². The van der Waals surface area contributed by atoms with E-state index in [0.29, 0.717) is 11.5 Å². The molecule has 6 heteroatoms. The van der Waals surface area contributed by atoms with Crippen LogP contribution in [0.4, 0.5) is 11.5 Å². The van der Waals surface area contributed by atoms with E-state index in [9.17, 15) is 9.59 Å². The molecule has 120 valence electrons. The summed E-state index contributed by atoms with van der Waals surface area (Å²) in [5, 5.41) is 6.59. The van der Waals surface area contributed by atoms with Gasteiger partial charge in [0.05, 0.1) is 12.1 Å². The van der Waals surface area contributed by atoms with Crippen LogP contribution >= 0.6 is 0 Å². The third-order valence-electron chi connectivity index (χ3n) is 4.19. The molecule has 1 aliphatic heterocycles. The quantitative estimate of drug-likeness (QED) is 0.583.